The maximum atomic E-state index is 11.5. The lowest BCUT2D eigenvalue weighted by Crippen LogP contribution is -2.40. The van der Waals surface area contributed by atoms with E-state index in [1.54, 1.807) is 6.07 Å². The van der Waals surface area contributed by atoms with Crippen molar-refractivity contribution in [3.05, 3.63) is 18.0 Å². The number of aliphatic carboxylic acids is 1. The van der Waals surface area contributed by atoms with Crippen LogP contribution < -0.4 is 10.6 Å². The summed E-state index contributed by atoms with van der Waals surface area (Å²) in [5, 5.41) is 17.9. The van der Waals surface area contributed by atoms with Gasteiger partial charge in [0.05, 0.1) is 12.5 Å². The molecule has 2 amide bonds. The number of nitrogens with one attached hydrogen (secondary N) is 2. The normalized spacial score (nSPS) is 22.7. The Kier molecular flexibility index (Phi) is 3.81. The summed E-state index contributed by atoms with van der Waals surface area (Å²) >= 11 is 0. The summed E-state index contributed by atoms with van der Waals surface area (Å²) in [6, 6.07) is 1.29. The Morgan fingerprint density at radius 3 is 2.94 bits per heavy atom. The van der Waals surface area contributed by atoms with Gasteiger partial charge in [0.1, 0.15) is 12.0 Å². The SMILES string of the molecule is O=C(NCc1ccon1)N[C@H]1CC[C@@H](C(=O)O)C1. The van der Waals surface area contributed by atoms with Gasteiger partial charge >= 0.3 is 12.0 Å². The number of urea groups is 1. The second-order valence-electron chi connectivity index (χ2n) is 4.36. The minimum absolute atomic E-state index is 0.0663. The van der Waals surface area contributed by atoms with Gasteiger partial charge in [-0.05, 0) is 19.3 Å². The summed E-state index contributed by atoms with van der Waals surface area (Å²) in [6.07, 6.45) is 3.24. The Morgan fingerprint density at radius 2 is 2.33 bits per heavy atom. The molecule has 1 aromatic heterocycles. The first kappa shape index (κ1) is 12.4. The molecular formula is C11H15N3O4. The van der Waals surface area contributed by atoms with E-state index in [1.165, 1.54) is 6.26 Å². The van der Waals surface area contributed by atoms with Crippen LogP contribution in [0.2, 0.25) is 0 Å². The molecule has 0 saturated heterocycles. The molecular weight excluding hydrogens is 238 g/mol. The highest BCUT2D eigenvalue weighted by Crippen LogP contribution is 2.25. The summed E-state index contributed by atoms with van der Waals surface area (Å²) in [4.78, 5) is 22.3. The Morgan fingerprint density at radius 1 is 1.50 bits per heavy atom. The van der Waals surface area contributed by atoms with Crippen molar-refractivity contribution < 1.29 is 19.2 Å². The molecule has 18 heavy (non-hydrogen) atoms. The van der Waals surface area contributed by atoms with E-state index in [2.05, 4.69) is 20.3 Å². The maximum absolute atomic E-state index is 11.5. The van der Waals surface area contributed by atoms with E-state index in [1.807, 2.05) is 0 Å². The van der Waals surface area contributed by atoms with E-state index in [9.17, 15) is 9.59 Å². The third kappa shape index (κ3) is 3.22. The molecule has 0 spiro atoms. The number of hydrogen-bond acceptors (Lipinski definition) is 4. The number of hydrogen-bond donors (Lipinski definition) is 3. The zero-order valence-electron chi connectivity index (χ0n) is 9.76. The largest absolute Gasteiger partial charge is 0.481 e. The van der Waals surface area contributed by atoms with E-state index >= 15 is 0 Å². The minimum Gasteiger partial charge on any atom is -0.481 e. The molecule has 98 valence electrons. The highest BCUT2D eigenvalue weighted by Gasteiger charge is 2.30. The van der Waals surface area contributed by atoms with Gasteiger partial charge in [0.2, 0.25) is 0 Å². The molecule has 2 rings (SSSR count). The predicted molar refractivity (Wildman–Crippen MR) is 60.6 cm³/mol. The van der Waals surface area contributed by atoms with Gasteiger partial charge in [-0.25, -0.2) is 4.79 Å². The molecule has 1 aliphatic rings. The van der Waals surface area contributed by atoms with Crippen LogP contribution in [0.1, 0.15) is 25.0 Å². The summed E-state index contributed by atoms with van der Waals surface area (Å²) in [5.74, 6) is -1.13. The lowest BCUT2D eigenvalue weighted by molar-refractivity contribution is -0.141. The standard InChI is InChI=1S/C11H15N3O4/c15-10(16)7-1-2-8(5-7)13-11(17)12-6-9-3-4-18-14-9/h3-4,7-8H,1-2,5-6H2,(H,15,16)(H2,12,13,17)/t7-,8+/m1/s1. The second-order valence-corrected chi connectivity index (χ2v) is 4.36. The molecule has 7 heteroatoms. The molecule has 7 nitrogen and oxygen atoms in total. The topological polar surface area (TPSA) is 104 Å². The summed E-state index contributed by atoms with van der Waals surface area (Å²) in [6.45, 7) is 0.289. The number of nitrogens with zero attached hydrogens (tertiary/aromatic N) is 1. The van der Waals surface area contributed by atoms with E-state index in [0.717, 1.165) is 0 Å². The van der Waals surface area contributed by atoms with Crippen molar-refractivity contribution >= 4 is 12.0 Å². The quantitative estimate of drug-likeness (QED) is 0.733. The van der Waals surface area contributed by atoms with Crippen LogP contribution in [0.4, 0.5) is 4.79 Å². The molecule has 1 heterocycles. The van der Waals surface area contributed by atoms with Crippen LogP contribution in [0.3, 0.4) is 0 Å². The summed E-state index contributed by atoms with van der Waals surface area (Å²) in [5.41, 5.74) is 0.639. The summed E-state index contributed by atoms with van der Waals surface area (Å²) in [7, 11) is 0. The first-order chi connectivity index (χ1) is 8.65. The predicted octanol–water partition coefficient (Wildman–Crippen LogP) is 0.727. The number of carbonyl (C=O) groups excluding carboxylic acids is 1. The molecule has 2 atom stereocenters. The van der Waals surface area contributed by atoms with E-state index in [0.29, 0.717) is 25.0 Å². The van der Waals surface area contributed by atoms with Crippen LogP contribution in [-0.2, 0) is 11.3 Å². The first-order valence-corrected chi connectivity index (χ1v) is 5.81. The number of carbonyl (C=O) groups is 2. The van der Waals surface area contributed by atoms with Gasteiger partial charge < -0.3 is 20.3 Å². The first-order valence-electron chi connectivity index (χ1n) is 5.81. The van der Waals surface area contributed by atoms with Crippen molar-refractivity contribution in [3.63, 3.8) is 0 Å². The van der Waals surface area contributed by atoms with E-state index in [-0.39, 0.29) is 24.5 Å². The van der Waals surface area contributed by atoms with Gasteiger partial charge in [-0.2, -0.15) is 0 Å². The fraction of sp³-hybridized carbons (Fsp3) is 0.545. The van der Waals surface area contributed by atoms with Crippen molar-refractivity contribution in [1.82, 2.24) is 15.8 Å². The fourth-order valence-electron chi connectivity index (χ4n) is 2.07. The highest BCUT2D eigenvalue weighted by atomic mass is 16.5. The molecule has 0 aliphatic heterocycles. The van der Waals surface area contributed by atoms with Crippen molar-refractivity contribution in [2.45, 2.75) is 31.8 Å². The number of carboxylic acids is 1. The molecule has 1 aliphatic carbocycles. The lowest BCUT2D eigenvalue weighted by Gasteiger charge is -2.12. The molecule has 0 bridgehead atoms. The average Bonchev–Trinajstić information content (AvgIpc) is 2.96. The molecule has 0 radical (unpaired) electrons. The van der Waals surface area contributed by atoms with Crippen LogP contribution in [0, 0.1) is 5.92 Å². The summed E-state index contributed by atoms with van der Waals surface area (Å²) < 4.78 is 4.63. The van der Waals surface area contributed by atoms with E-state index < -0.39 is 5.97 Å². The van der Waals surface area contributed by atoms with Gasteiger partial charge in [-0.15, -0.1) is 0 Å². The Bertz CT molecular complexity index is 418. The van der Waals surface area contributed by atoms with Crippen molar-refractivity contribution in [1.29, 1.82) is 0 Å². The van der Waals surface area contributed by atoms with Crippen LogP contribution >= 0.6 is 0 Å². The Balaban J connectivity index is 1.70. The lowest BCUT2D eigenvalue weighted by atomic mass is 10.1. The third-order valence-corrected chi connectivity index (χ3v) is 3.04. The smallest absolute Gasteiger partial charge is 0.315 e. The minimum atomic E-state index is -0.790. The van der Waals surface area contributed by atoms with Crippen molar-refractivity contribution in [2.75, 3.05) is 0 Å². The van der Waals surface area contributed by atoms with Crippen LogP contribution in [0.5, 0.6) is 0 Å². The molecule has 3 N–H and O–H groups in total. The van der Waals surface area contributed by atoms with Crippen molar-refractivity contribution in [2.24, 2.45) is 5.92 Å². The number of aromatic nitrogens is 1. The van der Waals surface area contributed by atoms with Crippen LogP contribution in [-0.4, -0.2) is 28.3 Å². The molecule has 1 aromatic rings. The van der Waals surface area contributed by atoms with Gasteiger partial charge in [-0.1, -0.05) is 5.16 Å². The molecule has 0 aromatic carbocycles. The third-order valence-electron chi connectivity index (χ3n) is 3.04. The van der Waals surface area contributed by atoms with Gasteiger partial charge in [-0.3, -0.25) is 4.79 Å². The van der Waals surface area contributed by atoms with Gasteiger partial charge in [0.15, 0.2) is 0 Å². The molecule has 0 unspecified atom stereocenters. The Hall–Kier alpha value is -2.05. The zero-order valence-corrected chi connectivity index (χ0v) is 9.76. The number of carboxylic acid groups (broad SMARTS) is 1. The number of rotatable bonds is 4. The van der Waals surface area contributed by atoms with Crippen LogP contribution in [0.15, 0.2) is 16.9 Å². The molecule has 1 saturated carbocycles. The molecule has 1 fully saturated rings. The van der Waals surface area contributed by atoms with E-state index in [4.69, 9.17) is 5.11 Å². The monoisotopic (exact) mass is 253 g/mol. The highest BCUT2D eigenvalue weighted by molar-refractivity contribution is 5.75. The Labute approximate surface area is 104 Å². The van der Waals surface area contributed by atoms with Crippen molar-refractivity contribution in [3.8, 4) is 0 Å². The van der Waals surface area contributed by atoms with Gasteiger partial charge in [0.25, 0.3) is 0 Å². The average molecular weight is 253 g/mol. The second kappa shape index (κ2) is 5.52. The van der Waals surface area contributed by atoms with Crippen LogP contribution in [0.25, 0.3) is 0 Å². The zero-order chi connectivity index (χ0) is 13.0. The fourth-order valence-corrected chi connectivity index (χ4v) is 2.07. The number of amides is 2. The van der Waals surface area contributed by atoms with Gasteiger partial charge in [0, 0.05) is 12.1 Å². The maximum Gasteiger partial charge on any atom is 0.315 e.